The Bertz CT molecular complexity index is 442. The molecule has 1 aromatic carbocycles. The van der Waals surface area contributed by atoms with E-state index in [4.69, 9.17) is 17.3 Å². The van der Waals surface area contributed by atoms with Crippen molar-refractivity contribution in [3.05, 3.63) is 34.9 Å². The first-order valence-corrected chi connectivity index (χ1v) is 7.39. The third-order valence-corrected chi connectivity index (χ3v) is 4.59. The minimum atomic E-state index is -3.13. The molecule has 1 aromatic rings. The summed E-state index contributed by atoms with van der Waals surface area (Å²) in [5.74, 6) is 0. The molecule has 0 radical (unpaired) electrons. The van der Waals surface area contributed by atoms with Crippen LogP contribution in [0.3, 0.4) is 0 Å². The average Bonchev–Trinajstić information content (AvgIpc) is 2.17. The summed E-state index contributed by atoms with van der Waals surface area (Å²) in [7, 11) is -3.13. The first-order chi connectivity index (χ1) is 7.36. The second-order valence-electron chi connectivity index (χ2n) is 3.85. The molecule has 0 amide bonds. The lowest BCUT2D eigenvalue weighted by atomic mass is 10.0. The molecule has 0 aromatic heterocycles. The molecule has 0 saturated carbocycles. The molecule has 0 spiro atoms. The van der Waals surface area contributed by atoms with E-state index in [1.54, 1.807) is 24.3 Å². The number of benzene rings is 1. The number of sulfone groups is 1. The van der Waals surface area contributed by atoms with Gasteiger partial charge in [0.25, 0.3) is 0 Å². The molecule has 0 fully saturated rings. The zero-order valence-electron chi connectivity index (χ0n) is 9.35. The molecule has 0 bridgehead atoms. The SMILES string of the molecule is CCC(C(N)c1ccc(Cl)cc1)S(C)(=O)=O. The van der Waals surface area contributed by atoms with Crippen LogP contribution in [0.4, 0.5) is 0 Å². The van der Waals surface area contributed by atoms with E-state index in [1.165, 1.54) is 6.26 Å². The fourth-order valence-corrected chi connectivity index (χ4v) is 3.14. The minimum absolute atomic E-state index is 0.503. The summed E-state index contributed by atoms with van der Waals surface area (Å²) in [4.78, 5) is 0. The molecule has 16 heavy (non-hydrogen) atoms. The number of nitrogens with two attached hydrogens (primary N) is 1. The predicted molar refractivity (Wildman–Crippen MR) is 67.3 cm³/mol. The lowest BCUT2D eigenvalue weighted by Gasteiger charge is -2.21. The third-order valence-electron chi connectivity index (χ3n) is 2.61. The molecule has 2 N–H and O–H groups in total. The van der Waals surface area contributed by atoms with Crippen molar-refractivity contribution < 1.29 is 8.42 Å². The van der Waals surface area contributed by atoms with Crippen molar-refractivity contribution >= 4 is 21.4 Å². The number of hydrogen-bond acceptors (Lipinski definition) is 3. The second kappa shape index (κ2) is 5.17. The molecule has 5 heteroatoms. The van der Waals surface area contributed by atoms with Crippen molar-refractivity contribution in [1.29, 1.82) is 0 Å². The summed E-state index contributed by atoms with van der Waals surface area (Å²) in [5.41, 5.74) is 6.76. The Morgan fingerprint density at radius 2 is 1.81 bits per heavy atom. The van der Waals surface area contributed by atoms with Crippen molar-refractivity contribution in [2.24, 2.45) is 5.73 Å². The lowest BCUT2D eigenvalue weighted by Crippen LogP contribution is -2.32. The average molecular weight is 262 g/mol. The number of hydrogen-bond donors (Lipinski definition) is 1. The molecule has 3 nitrogen and oxygen atoms in total. The van der Waals surface area contributed by atoms with Gasteiger partial charge in [-0.25, -0.2) is 8.42 Å². The van der Waals surface area contributed by atoms with Crippen LogP contribution in [-0.2, 0) is 9.84 Å². The summed E-state index contributed by atoms with van der Waals surface area (Å²) in [6.45, 7) is 1.82. The van der Waals surface area contributed by atoms with Gasteiger partial charge < -0.3 is 5.73 Å². The van der Waals surface area contributed by atoms with Gasteiger partial charge in [-0.1, -0.05) is 30.7 Å². The molecule has 0 aliphatic heterocycles. The van der Waals surface area contributed by atoms with Gasteiger partial charge in [-0.3, -0.25) is 0 Å². The van der Waals surface area contributed by atoms with E-state index in [2.05, 4.69) is 0 Å². The molecule has 0 heterocycles. The summed E-state index contributed by atoms with van der Waals surface area (Å²) >= 11 is 5.76. The highest BCUT2D eigenvalue weighted by Gasteiger charge is 2.26. The first kappa shape index (κ1) is 13.5. The molecule has 90 valence electrons. The summed E-state index contributed by atoms with van der Waals surface area (Å²) < 4.78 is 23.1. The van der Waals surface area contributed by atoms with Gasteiger partial charge >= 0.3 is 0 Å². The third kappa shape index (κ3) is 3.20. The fraction of sp³-hybridized carbons (Fsp3) is 0.455. The normalized spacial score (nSPS) is 15.8. The van der Waals surface area contributed by atoms with E-state index < -0.39 is 21.1 Å². The van der Waals surface area contributed by atoms with E-state index in [1.807, 2.05) is 6.92 Å². The molecule has 2 atom stereocenters. The highest BCUT2D eigenvalue weighted by molar-refractivity contribution is 7.91. The van der Waals surface area contributed by atoms with Gasteiger partial charge in [-0.05, 0) is 24.1 Å². The lowest BCUT2D eigenvalue weighted by molar-refractivity contribution is 0.553. The van der Waals surface area contributed by atoms with Gasteiger partial charge in [-0.15, -0.1) is 0 Å². The van der Waals surface area contributed by atoms with Crippen molar-refractivity contribution in [3.63, 3.8) is 0 Å². The summed E-state index contributed by atoms with van der Waals surface area (Å²) in [5, 5.41) is 0.0667. The van der Waals surface area contributed by atoms with E-state index in [-0.39, 0.29) is 0 Å². The van der Waals surface area contributed by atoms with E-state index in [9.17, 15) is 8.42 Å². The largest absolute Gasteiger partial charge is 0.323 e. The van der Waals surface area contributed by atoms with Crippen LogP contribution in [0.1, 0.15) is 24.9 Å². The van der Waals surface area contributed by atoms with Gasteiger partial charge in [0.2, 0.25) is 0 Å². The van der Waals surface area contributed by atoms with E-state index >= 15 is 0 Å². The van der Waals surface area contributed by atoms with Crippen LogP contribution in [0.25, 0.3) is 0 Å². The molecule has 0 aliphatic rings. The van der Waals surface area contributed by atoms with Crippen LogP contribution in [-0.4, -0.2) is 19.9 Å². The highest BCUT2D eigenvalue weighted by atomic mass is 35.5. The molecule has 2 unspecified atom stereocenters. The molecular weight excluding hydrogens is 246 g/mol. The van der Waals surface area contributed by atoms with Crippen molar-refractivity contribution in [2.75, 3.05) is 6.26 Å². The Balaban J connectivity index is 3.00. The van der Waals surface area contributed by atoms with Crippen LogP contribution in [0, 0.1) is 0 Å². The smallest absolute Gasteiger partial charge is 0.152 e. The van der Waals surface area contributed by atoms with Crippen LogP contribution in [0.2, 0.25) is 5.02 Å². The van der Waals surface area contributed by atoms with Gasteiger partial charge in [0.05, 0.1) is 5.25 Å². The van der Waals surface area contributed by atoms with Crippen LogP contribution in [0.5, 0.6) is 0 Å². The Hall–Kier alpha value is -0.580. The summed E-state index contributed by atoms with van der Waals surface area (Å²) in [6, 6.07) is 6.45. The second-order valence-corrected chi connectivity index (χ2v) is 6.55. The maximum Gasteiger partial charge on any atom is 0.152 e. The van der Waals surface area contributed by atoms with Crippen LogP contribution >= 0.6 is 11.6 Å². The quantitative estimate of drug-likeness (QED) is 0.904. The monoisotopic (exact) mass is 261 g/mol. The molecule has 1 rings (SSSR count). The van der Waals surface area contributed by atoms with Gasteiger partial charge in [-0.2, -0.15) is 0 Å². The maximum absolute atomic E-state index is 11.5. The van der Waals surface area contributed by atoms with Gasteiger partial charge in [0, 0.05) is 17.3 Å². The van der Waals surface area contributed by atoms with Gasteiger partial charge in [0.15, 0.2) is 9.84 Å². The molecular formula is C11H16ClNO2S. The predicted octanol–water partition coefficient (Wildman–Crippen LogP) is 2.16. The topological polar surface area (TPSA) is 60.2 Å². The summed E-state index contributed by atoms with van der Waals surface area (Å²) in [6.07, 6.45) is 1.72. The van der Waals surface area contributed by atoms with E-state index in [0.29, 0.717) is 11.4 Å². The van der Waals surface area contributed by atoms with Crippen molar-refractivity contribution in [1.82, 2.24) is 0 Å². The Labute approximate surface area is 102 Å². The standard InChI is InChI=1S/C11H16ClNO2S/c1-3-10(16(2,14)15)11(13)8-4-6-9(12)7-5-8/h4-7,10-11H,3,13H2,1-2H3. The fourth-order valence-electron chi connectivity index (χ4n) is 1.72. The number of halogens is 1. The zero-order chi connectivity index (χ0) is 12.3. The van der Waals surface area contributed by atoms with Gasteiger partial charge in [0.1, 0.15) is 0 Å². The van der Waals surface area contributed by atoms with Crippen molar-refractivity contribution in [2.45, 2.75) is 24.6 Å². The Morgan fingerprint density at radius 1 is 1.31 bits per heavy atom. The molecule has 0 aliphatic carbocycles. The molecule has 0 saturated heterocycles. The Morgan fingerprint density at radius 3 is 2.19 bits per heavy atom. The maximum atomic E-state index is 11.5. The highest BCUT2D eigenvalue weighted by Crippen LogP contribution is 2.23. The van der Waals surface area contributed by atoms with Crippen LogP contribution in [0.15, 0.2) is 24.3 Å². The van der Waals surface area contributed by atoms with Crippen molar-refractivity contribution in [3.8, 4) is 0 Å². The van der Waals surface area contributed by atoms with Crippen LogP contribution < -0.4 is 5.73 Å². The zero-order valence-corrected chi connectivity index (χ0v) is 10.9. The van der Waals surface area contributed by atoms with E-state index in [0.717, 1.165) is 5.56 Å². The Kier molecular flexibility index (Phi) is 4.35. The number of rotatable bonds is 4. The first-order valence-electron chi connectivity index (χ1n) is 5.06. The minimum Gasteiger partial charge on any atom is -0.323 e.